The van der Waals surface area contributed by atoms with Gasteiger partial charge in [0.15, 0.2) is 23.9 Å². The number of aromatic nitrogens is 1. The van der Waals surface area contributed by atoms with Crippen molar-refractivity contribution in [2.45, 2.75) is 26.4 Å². The number of rotatable bonds is 7. The van der Waals surface area contributed by atoms with Crippen LogP contribution in [-0.2, 0) is 16.1 Å². The third-order valence-electron chi connectivity index (χ3n) is 5.93. The van der Waals surface area contributed by atoms with E-state index in [0.717, 1.165) is 5.56 Å². The Morgan fingerprint density at radius 2 is 1.97 bits per heavy atom. The molecule has 0 saturated carbocycles. The van der Waals surface area contributed by atoms with Gasteiger partial charge in [-0.2, -0.15) is 0 Å². The standard InChI is InChI=1S/C27H26N2O6/c1-4-35-22-13-18(7-10-21(22)30)24-23(25(31)20-9-8-19(34-3)12-16(20)2)26(32)27(33)29(24)15-17-6-5-11-28-14-17/h5-14,24,30-31H,4,15H2,1-3H3. The monoisotopic (exact) mass is 474 g/mol. The molecule has 2 heterocycles. The molecule has 1 amide bonds. The molecule has 1 aliphatic rings. The van der Waals surface area contributed by atoms with Gasteiger partial charge in [-0.3, -0.25) is 9.59 Å². The minimum absolute atomic E-state index is 0.0747. The maximum Gasteiger partial charge on any atom is 0.295 e. The lowest BCUT2D eigenvalue weighted by Crippen LogP contribution is -2.29. The Hall–Kier alpha value is -4.33. The Morgan fingerprint density at radius 1 is 1.17 bits per heavy atom. The van der Waals surface area contributed by atoms with E-state index in [-0.39, 0.29) is 23.6 Å². The van der Waals surface area contributed by atoms with Crippen LogP contribution in [0.15, 0.2) is 66.5 Å². The molecular formula is C27H26N2O6. The number of nitrogens with one attached hydrogen (secondary N) is 1. The molecule has 1 saturated heterocycles. The van der Waals surface area contributed by atoms with E-state index in [2.05, 4.69) is 4.98 Å². The van der Waals surface area contributed by atoms with Crippen molar-refractivity contribution >= 4 is 17.4 Å². The zero-order valence-electron chi connectivity index (χ0n) is 19.7. The number of Topliss-reactive ketones (excluding diaryl/α,β-unsaturated/α-hetero) is 1. The number of hydrogen-bond acceptors (Lipinski definition) is 6. The van der Waals surface area contributed by atoms with Gasteiger partial charge < -0.3 is 24.6 Å². The average Bonchev–Trinajstić information content (AvgIpc) is 3.10. The van der Waals surface area contributed by atoms with Crippen LogP contribution in [0.2, 0.25) is 0 Å². The van der Waals surface area contributed by atoms with Crippen LogP contribution in [0.5, 0.6) is 17.2 Å². The van der Waals surface area contributed by atoms with Gasteiger partial charge in [0.25, 0.3) is 5.91 Å². The zero-order chi connectivity index (χ0) is 25.1. The average molecular weight is 475 g/mol. The van der Waals surface area contributed by atoms with Gasteiger partial charge in [0.2, 0.25) is 5.78 Å². The molecular weight excluding hydrogens is 448 g/mol. The highest BCUT2D eigenvalue weighted by molar-refractivity contribution is 6.46. The topological polar surface area (TPSA) is 113 Å². The Balaban J connectivity index is 1.90. The maximum atomic E-state index is 13.7. The van der Waals surface area contributed by atoms with Crippen LogP contribution in [0.3, 0.4) is 0 Å². The van der Waals surface area contributed by atoms with Crippen molar-refractivity contribution in [3.63, 3.8) is 0 Å². The smallest absolute Gasteiger partial charge is 0.295 e. The number of ether oxygens (including phenoxy) is 2. The van der Waals surface area contributed by atoms with E-state index in [4.69, 9.17) is 9.47 Å². The fraction of sp³-hybridized carbons (Fsp3) is 0.222. The fourth-order valence-corrected chi connectivity index (χ4v) is 4.24. The van der Waals surface area contributed by atoms with E-state index in [1.54, 1.807) is 62.6 Å². The highest BCUT2D eigenvalue weighted by Crippen LogP contribution is 2.42. The van der Waals surface area contributed by atoms with Gasteiger partial charge in [-0.1, -0.05) is 17.9 Å². The molecule has 0 spiro atoms. The lowest BCUT2D eigenvalue weighted by molar-refractivity contribution is -0.378. The molecule has 180 valence electrons. The molecule has 8 heteroatoms. The van der Waals surface area contributed by atoms with Crippen LogP contribution >= 0.6 is 0 Å². The first-order chi connectivity index (χ1) is 16.8. The lowest BCUT2D eigenvalue weighted by atomic mass is 9.93. The van der Waals surface area contributed by atoms with Crippen molar-refractivity contribution in [3.05, 3.63) is 88.8 Å². The fourth-order valence-electron chi connectivity index (χ4n) is 4.24. The van der Waals surface area contributed by atoms with Gasteiger partial charge in [-0.25, -0.2) is 4.98 Å². The summed E-state index contributed by atoms with van der Waals surface area (Å²) in [5, 5.41) is 23.9. The number of aromatic hydroxyl groups is 1. The van der Waals surface area contributed by atoms with E-state index < -0.39 is 23.5 Å². The first-order valence-electron chi connectivity index (χ1n) is 11.2. The summed E-state index contributed by atoms with van der Waals surface area (Å²) in [5.41, 5.74) is 2.04. The summed E-state index contributed by atoms with van der Waals surface area (Å²) in [6.45, 7) is 3.94. The number of amides is 1. The number of nitrogens with zero attached hydrogens (tertiary/aromatic N) is 1. The number of aryl methyl sites for hydroxylation is 1. The lowest BCUT2D eigenvalue weighted by Gasteiger charge is -2.28. The van der Waals surface area contributed by atoms with Crippen molar-refractivity contribution in [1.82, 2.24) is 4.90 Å². The summed E-state index contributed by atoms with van der Waals surface area (Å²) in [4.78, 5) is 30.8. The molecule has 2 aromatic carbocycles. The van der Waals surface area contributed by atoms with Crippen LogP contribution in [0.4, 0.5) is 0 Å². The van der Waals surface area contributed by atoms with Gasteiger partial charge in [0.05, 0.1) is 26.3 Å². The third-order valence-corrected chi connectivity index (χ3v) is 5.93. The number of methoxy groups -OCH3 is 1. The molecule has 4 rings (SSSR count). The molecule has 1 aromatic heterocycles. The number of hydrogen-bond donors (Lipinski definition) is 1. The molecule has 0 aliphatic carbocycles. The summed E-state index contributed by atoms with van der Waals surface area (Å²) < 4.78 is 10.7. The molecule has 8 nitrogen and oxygen atoms in total. The minimum Gasteiger partial charge on any atom is -0.872 e. The molecule has 0 bridgehead atoms. The second-order valence-electron chi connectivity index (χ2n) is 8.16. The Bertz CT molecular complexity index is 1300. The number of H-pyrrole nitrogens is 1. The highest BCUT2D eigenvalue weighted by Gasteiger charge is 2.44. The number of benzene rings is 2. The van der Waals surface area contributed by atoms with E-state index in [0.29, 0.717) is 29.0 Å². The van der Waals surface area contributed by atoms with Gasteiger partial charge in [0, 0.05) is 17.2 Å². The van der Waals surface area contributed by atoms with Gasteiger partial charge in [-0.05, 0) is 60.9 Å². The van der Waals surface area contributed by atoms with Crippen LogP contribution in [-0.4, -0.2) is 35.4 Å². The Morgan fingerprint density at radius 3 is 2.63 bits per heavy atom. The number of aromatic amines is 1. The molecule has 2 N–H and O–H groups in total. The Kier molecular flexibility index (Phi) is 6.73. The first kappa shape index (κ1) is 23.8. The predicted molar refractivity (Wildman–Crippen MR) is 125 cm³/mol. The molecule has 1 aliphatic heterocycles. The van der Waals surface area contributed by atoms with Crippen LogP contribution in [0.25, 0.3) is 5.76 Å². The summed E-state index contributed by atoms with van der Waals surface area (Å²) in [6, 6.07) is 12.2. The van der Waals surface area contributed by atoms with Crippen molar-refractivity contribution in [3.8, 4) is 17.2 Å². The summed E-state index contributed by atoms with van der Waals surface area (Å²) >= 11 is 0. The number of ketones is 1. The SMILES string of the molecule is CCOc1cc(C2C(=C([O-])c3ccc(OC)cc3C)C(=O)C(=O)N2Cc2ccc[nH+]c2)ccc1O. The maximum absolute atomic E-state index is 13.7. The Labute approximate surface area is 203 Å². The van der Waals surface area contributed by atoms with Crippen molar-refractivity contribution < 1.29 is 34.3 Å². The summed E-state index contributed by atoms with van der Waals surface area (Å²) in [7, 11) is 1.53. The van der Waals surface area contributed by atoms with E-state index >= 15 is 0 Å². The van der Waals surface area contributed by atoms with E-state index in [1.165, 1.54) is 18.1 Å². The van der Waals surface area contributed by atoms with E-state index in [9.17, 15) is 19.8 Å². The van der Waals surface area contributed by atoms with Crippen LogP contribution in [0.1, 0.15) is 35.2 Å². The normalized spacial score (nSPS) is 17.0. The van der Waals surface area contributed by atoms with E-state index in [1.807, 2.05) is 6.07 Å². The number of phenols is 1. The van der Waals surface area contributed by atoms with Gasteiger partial charge >= 0.3 is 0 Å². The molecule has 35 heavy (non-hydrogen) atoms. The number of likely N-dealkylation sites (tertiary alicyclic amines) is 1. The summed E-state index contributed by atoms with van der Waals surface area (Å²) in [5.74, 6) is -1.43. The van der Waals surface area contributed by atoms with Crippen LogP contribution < -0.4 is 19.6 Å². The minimum atomic E-state index is -0.955. The molecule has 1 atom stereocenters. The third kappa shape index (κ3) is 4.55. The second kappa shape index (κ2) is 9.89. The predicted octanol–water partition coefficient (Wildman–Crippen LogP) is 2.35. The summed E-state index contributed by atoms with van der Waals surface area (Å²) in [6.07, 6.45) is 3.46. The van der Waals surface area contributed by atoms with Crippen molar-refractivity contribution in [1.29, 1.82) is 0 Å². The molecule has 1 fully saturated rings. The van der Waals surface area contributed by atoms with Gasteiger partial charge in [-0.15, -0.1) is 0 Å². The van der Waals surface area contributed by atoms with Crippen molar-refractivity contribution in [2.75, 3.05) is 13.7 Å². The van der Waals surface area contributed by atoms with Gasteiger partial charge in [0.1, 0.15) is 5.75 Å². The van der Waals surface area contributed by atoms with Crippen molar-refractivity contribution in [2.24, 2.45) is 0 Å². The van der Waals surface area contributed by atoms with Crippen LogP contribution in [0, 0.1) is 6.92 Å². The highest BCUT2D eigenvalue weighted by atomic mass is 16.5. The zero-order valence-corrected chi connectivity index (χ0v) is 19.7. The molecule has 0 radical (unpaired) electrons. The quantitative estimate of drug-likeness (QED) is 0.320. The number of pyridine rings is 1. The number of carbonyl (C=O) groups is 2. The second-order valence-corrected chi connectivity index (χ2v) is 8.16. The molecule has 3 aromatic rings. The largest absolute Gasteiger partial charge is 0.872 e. The molecule has 1 unspecified atom stereocenters. The number of carbonyl (C=O) groups excluding carboxylic acids is 2. The number of phenolic OH excluding ortho intramolecular Hbond substituents is 1. The first-order valence-corrected chi connectivity index (χ1v) is 11.2.